The Balaban J connectivity index is 0.00000261. The van der Waals surface area contributed by atoms with E-state index in [-0.39, 0.29) is 24.3 Å². The number of rotatable bonds is 8. The molecule has 1 aromatic carbocycles. The molecule has 0 amide bonds. The molecule has 1 aliphatic heterocycles. The first-order chi connectivity index (χ1) is 12.7. The largest absolute Gasteiger partial charge is 0.383 e. The Morgan fingerprint density at radius 1 is 1.19 bits per heavy atom. The van der Waals surface area contributed by atoms with Gasteiger partial charge in [0.2, 0.25) is 0 Å². The number of tetrazole rings is 1. The summed E-state index contributed by atoms with van der Waals surface area (Å²) in [6.45, 7) is 6.70. The molecule has 1 aliphatic rings. The lowest BCUT2D eigenvalue weighted by molar-refractivity contribution is 0.153. The third kappa shape index (κ3) is 5.15. The number of methoxy groups -OCH3 is 1. The number of nitrogens with zero attached hydrogens (tertiary/aromatic N) is 6. The SMILES string of the molecule is CCCC(c1nnnn1CCOC)N1CCN(c2ccccc2F)CC1.Cl. The summed E-state index contributed by atoms with van der Waals surface area (Å²) in [4.78, 5) is 4.53. The highest BCUT2D eigenvalue weighted by atomic mass is 35.5. The third-order valence-corrected chi connectivity index (χ3v) is 4.88. The number of hydrogen-bond donors (Lipinski definition) is 0. The zero-order valence-electron chi connectivity index (χ0n) is 15.9. The van der Waals surface area contributed by atoms with E-state index in [0.29, 0.717) is 18.8 Å². The van der Waals surface area contributed by atoms with E-state index in [1.54, 1.807) is 13.2 Å². The number of piperazine rings is 1. The van der Waals surface area contributed by atoms with Gasteiger partial charge in [-0.25, -0.2) is 9.07 Å². The van der Waals surface area contributed by atoms with Crippen LogP contribution >= 0.6 is 12.4 Å². The van der Waals surface area contributed by atoms with Crippen LogP contribution in [0.5, 0.6) is 0 Å². The van der Waals surface area contributed by atoms with Crippen LogP contribution in [0.2, 0.25) is 0 Å². The molecule has 1 fully saturated rings. The fraction of sp³-hybridized carbons (Fsp3) is 0.611. The maximum Gasteiger partial charge on any atom is 0.168 e. The quantitative estimate of drug-likeness (QED) is 0.681. The molecule has 27 heavy (non-hydrogen) atoms. The number of benzene rings is 1. The summed E-state index contributed by atoms with van der Waals surface area (Å²) in [6.07, 6.45) is 2.04. The van der Waals surface area contributed by atoms with Gasteiger partial charge in [-0.2, -0.15) is 0 Å². The first-order valence-corrected chi connectivity index (χ1v) is 9.23. The Morgan fingerprint density at radius 3 is 2.59 bits per heavy atom. The van der Waals surface area contributed by atoms with Crippen molar-refractivity contribution in [3.05, 3.63) is 35.9 Å². The van der Waals surface area contributed by atoms with E-state index < -0.39 is 0 Å². The van der Waals surface area contributed by atoms with E-state index in [0.717, 1.165) is 44.8 Å². The lowest BCUT2D eigenvalue weighted by atomic mass is 10.1. The van der Waals surface area contributed by atoms with Gasteiger partial charge in [0.1, 0.15) is 5.82 Å². The van der Waals surface area contributed by atoms with Gasteiger partial charge >= 0.3 is 0 Å². The lowest BCUT2D eigenvalue weighted by Gasteiger charge is -2.39. The second kappa shape index (κ2) is 10.5. The summed E-state index contributed by atoms with van der Waals surface area (Å²) >= 11 is 0. The summed E-state index contributed by atoms with van der Waals surface area (Å²) in [6, 6.07) is 7.15. The Labute approximate surface area is 165 Å². The molecule has 0 aliphatic carbocycles. The molecule has 0 bridgehead atoms. The van der Waals surface area contributed by atoms with E-state index in [4.69, 9.17) is 4.74 Å². The number of halogens is 2. The first kappa shape index (κ1) is 21.5. The van der Waals surface area contributed by atoms with Gasteiger partial charge in [0.25, 0.3) is 0 Å². The minimum Gasteiger partial charge on any atom is -0.383 e. The fourth-order valence-electron chi connectivity index (χ4n) is 3.52. The molecule has 2 aromatic rings. The minimum atomic E-state index is -0.158. The second-order valence-corrected chi connectivity index (χ2v) is 6.53. The van der Waals surface area contributed by atoms with Gasteiger partial charge in [0, 0.05) is 33.3 Å². The Kier molecular flexibility index (Phi) is 8.40. The van der Waals surface area contributed by atoms with Gasteiger partial charge in [-0.3, -0.25) is 4.90 Å². The molecule has 3 rings (SSSR count). The van der Waals surface area contributed by atoms with Crippen LogP contribution in [0.3, 0.4) is 0 Å². The molecular weight excluding hydrogens is 371 g/mol. The first-order valence-electron chi connectivity index (χ1n) is 9.23. The van der Waals surface area contributed by atoms with Gasteiger partial charge in [0.15, 0.2) is 5.82 Å². The molecule has 0 saturated carbocycles. The van der Waals surface area contributed by atoms with Gasteiger partial charge in [0.05, 0.1) is 24.9 Å². The highest BCUT2D eigenvalue weighted by Gasteiger charge is 2.29. The fourth-order valence-corrected chi connectivity index (χ4v) is 3.52. The molecule has 9 heteroatoms. The molecule has 2 heterocycles. The lowest BCUT2D eigenvalue weighted by Crippen LogP contribution is -2.48. The van der Waals surface area contributed by atoms with Crippen molar-refractivity contribution in [2.24, 2.45) is 0 Å². The predicted molar refractivity (Wildman–Crippen MR) is 105 cm³/mol. The van der Waals surface area contributed by atoms with Crippen LogP contribution in [-0.2, 0) is 11.3 Å². The normalized spacial score (nSPS) is 16.2. The van der Waals surface area contributed by atoms with Crippen molar-refractivity contribution in [3.63, 3.8) is 0 Å². The van der Waals surface area contributed by atoms with E-state index in [9.17, 15) is 4.39 Å². The molecule has 7 nitrogen and oxygen atoms in total. The average Bonchev–Trinajstić information content (AvgIpc) is 3.13. The monoisotopic (exact) mass is 398 g/mol. The number of para-hydroxylation sites is 1. The van der Waals surface area contributed by atoms with Crippen LogP contribution < -0.4 is 4.90 Å². The molecule has 1 aromatic heterocycles. The number of aromatic nitrogens is 4. The van der Waals surface area contributed by atoms with Crippen molar-refractivity contribution in [1.82, 2.24) is 25.1 Å². The predicted octanol–water partition coefficient (Wildman–Crippen LogP) is 2.54. The Hall–Kier alpha value is -1.77. The molecule has 0 N–H and O–H groups in total. The van der Waals surface area contributed by atoms with Crippen LogP contribution in [0.25, 0.3) is 0 Å². The smallest absolute Gasteiger partial charge is 0.168 e. The Morgan fingerprint density at radius 2 is 1.93 bits per heavy atom. The van der Waals surface area contributed by atoms with Gasteiger partial charge in [-0.05, 0) is 29.0 Å². The molecule has 1 unspecified atom stereocenters. The van der Waals surface area contributed by atoms with Crippen LogP contribution in [0.15, 0.2) is 24.3 Å². The van der Waals surface area contributed by atoms with E-state index >= 15 is 0 Å². The van der Waals surface area contributed by atoms with Gasteiger partial charge < -0.3 is 9.64 Å². The van der Waals surface area contributed by atoms with Crippen molar-refractivity contribution in [1.29, 1.82) is 0 Å². The Bertz CT molecular complexity index is 692. The van der Waals surface area contributed by atoms with Crippen LogP contribution in [0, 0.1) is 5.82 Å². The minimum absolute atomic E-state index is 0. The third-order valence-electron chi connectivity index (χ3n) is 4.88. The van der Waals surface area contributed by atoms with Crippen LogP contribution in [-0.4, -0.2) is 65.0 Å². The summed E-state index contributed by atoms with van der Waals surface area (Å²) in [5.41, 5.74) is 0.684. The summed E-state index contributed by atoms with van der Waals surface area (Å²) in [5, 5.41) is 12.3. The highest BCUT2D eigenvalue weighted by molar-refractivity contribution is 5.85. The van der Waals surface area contributed by atoms with Crippen LogP contribution in [0.4, 0.5) is 10.1 Å². The topological polar surface area (TPSA) is 59.3 Å². The summed E-state index contributed by atoms with van der Waals surface area (Å²) in [7, 11) is 1.68. The van der Waals surface area contributed by atoms with Crippen molar-refractivity contribution < 1.29 is 9.13 Å². The van der Waals surface area contributed by atoms with Gasteiger partial charge in [-0.15, -0.1) is 17.5 Å². The van der Waals surface area contributed by atoms with Crippen molar-refractivity contribution in [3.8, 4) is 0 Å². The maximum absolute atomic E-state index is 14.0. The summed E-state index contributed by atoms with van der Waals surface area (Å²) < 4.78 is 21.0. The number of anilines is 1. The zero-order valence-corrected chi connectivity index (χ0v) is 16.7. The van der Waals surface area contributed by atoms with Crippen molar-refractivity contribution >= 4 is 18.1 Å². The van der Waals surface area contributed by atoms with E-state index in [1.807, 2.05) is 16.8 Å². The van der Waals surface area contributed by atoms with Crippen molar-refractivity contribution in [2.75, 3.05) is 44.8 Å². The van der Waals surface area contributed by atoms with E-state index in [2.05, 4.69) is 32.2 Å². The van der Waals surface area contributed by atoms with Crippen molar-refractivity contribution in [2.45, 2.75) is 32.4 Å². The molecule has 0 radical (unpaired) electrons. The molecule has 1 atom stereocenters. The molecule has 1 saturated heterocycles. The second-order valence-electron chi connectivity index (χ2n) is 6.53. The molecule has 0 spiro atoms. The summed E-state index contributed by atoms with van der Waals surface area (Å²) in [5.74, 6) is 0.734. The maximum atomic E-state index is 14.0. The zero-order chi connectivity index (χ0) is 18.4. The van der Waals surface area contributed by atoms with Gasteiger partial charge in [-0.1, -0.05) is 25.5 Å². The average molecular weight is 399 g/mol. The molecule has 150 valence electrons. The standard InChI is InChI=1S/C18H27FN6O.ClH/c1-3-6-17(18-20-21-22-25(18)13-14-26-2)24-11-9-23(10-12-24)16-8-5-4-7-15(16)19;/h4-5,7-8,17H,3,6,9-14H2,1-2H3;1H. The highest BCUT2D eigenvalue weighted by Crippen LogP contribution is 2.27. The van der Waals surface area contributed by atoms with E-state index in [1.165, 1.54) is 6.07 Å². The van der Waals surface area contributed by atoms with Crippen LogP contribution in [0.1, 0.15) is 31.6 Å². The molecular formula is C18H28ClFN6O. The number of hydrogen-bond acceptors (Lipinski definition) is 6. The number of ether oxygens (including phenoxy) is 1.